The summed E-state index contributed by atoms with van der Waals surface area (Å²) in [6.07, 6.45) is 0.755. The van der Waals surface area contributed by atoms with Gasteiger partial charge in [0.25, 0.3) is 0 Å². The Labute approximate surface area is 92.8 Å². The summed E-state index contributed by atoms with van der Waals surface area (Å²) in [5, 5.41) is 3.87. The van der Waals surface area contributed by atoms with Crippen molar-refractivity contribution in [2.75, 3.05) is 7.11 Å². The lowest BCUT2D eigenvalue weighted by atomic mass is 10.1. The molecule has 0 bridgehead atoms. The molecule has 0 fully saturated rings. The van der Waals surface area contributed by atoms with Crippen molar-refractivity contribution >= 4 is 6.29 Å². The summed E-state index contributed by atoms with van der Waals surface area (Å²) in [6.45, 7) is 1.71. The summed E-state index contributed by atoms with van der Waals surface area (Å²) in [6, 6.07) is 7.30. The van der Waals surface area contributed by atoms with Gasteiger partial charge in [-0.25, -0.2) is 0 Å². The second kappa shape index (κ2) is 4.18. The third-order valence-electron chi connectivity index (χ3n) is 2.39. The van der Waals surface area contributed by atoms with Gasteiger partial charge in [-0.15, -0.1) is 0 Å². The number of nitrogens with zero attached hydrogens (tertiary/aromatic N) is 1. The minimum atomic E-state index is 0.491. The highest BCUT2D eigenvalue weighted by Gasteiger charge is 2.13. The molecule has 4 nitrogen and oxygen atoms in total. The average Bonchev–Trinajstić information content (AvgIpc) is 2.70. The summed E-state index contributed by atoms with van der Waals surface area (Å²) in [7, 11) is 1.60. The third kappa shape index (κ3) is 1.69. The fraction of sp³-hybridized carbons (Fsp3) is 0.167. The monoisotopic (exact) mass is 217 g/mol. The van der Waals surface area contributed by atoms with Gasteiger partial charge in [0.2, 0.25) is 0 Å². The van der Waals surface area contributed by atoms with E-state index < -0.39 is 0 Å². The molecule has 0 unspecified atom stereocenters. The Morgan fingerprint density at radius 2 is 2.00 bits per heavy atom. The van der Waals surface area contributed by atoms with Gasteiger partial charge in [0.05, 0.1) is 12.7 Å². The van der Waals surface area contributed by atoms with Crippen molar-refractivity contribution in [3.05, 3.63) is 35.6 Å². The maximum Gasteiger partial charge on any atom is 0.155 e. The minimum absolute atomic E-state index is 0.491. The zero-order valence-corrected chi connectivity index (χ0v) is 9.06. The van der Waals surface area contributed by atoms with E-state index in [-0.39, 0.29) is 0 Å². The molecule has 4 heteroatoms. The number of aromatic nitrogens is 1. The summed E-state index contributed by atoms with van der Waals surface area (Å²) in [4.78, 5) is 10.9. The summed E-state index contributed by atoms with van der Waals surface area (Å²) in [5.74, 6) is 1.29. The molecule has 2 rings (SSSR count). The molecule has 0 aliphatic rings. The SMILES string of the molecule is COc1ccc(-c2noc(C)c2C=O)cc1. The Balaban J connectivity index is 2.46. The molecular formula is C12H11NO3. The molecule has 1 aromatic carbocycles. The van der Waals surface area contributed by atoms with Crippen LogP contribution >= 0.6 is 0 Å². The van der Waals surface area contributed by atoms with Crippen LogP contribution in [0.4, 0.5) is 0 Å². The van der Waals surface area contributed by atoms with E-state index in [9.17, 15) is 4.79 Å². The van der Waals surface area contributed by atoms with Crippen molar-refractivity contribution in [1.29, 1.82) is 0 Å². The predicted molar refractivity (Wildman–Crippen MR) is 58.6 cm³/mol. The highest BCUT2D eigenvalue weighted by molar-refractivity contribution is 5.86. The molecule has 16 heavy (non-hydrogen) atoms. The van der Waals surface area contributed by atoms with E-state index in [1.807, 2.05) is 24.3 Å². The average molecular weight is 217 g/mol. The largest absolute Gasteiger partial charge is 0.497 e. The fourth-order valence-electron chi connectivity index (χ4n) is 1.48. The zero-order valence-electron chi connectivity index (χ0n) is 9.06. The van der Waals surface area contributed by atoms with Gasteiger partial charge < -0.3 is 9.26 Å². The molecule has 0 aliphatic carbocycles. The van der Waals surface area contributed by atoms with E-state index in [4.69, 9.17) is 9.26 Å². The van der Waals surface area contributed by atoms with E-state index in [1.54, 1.807) is 14.0 Å². The van der Waals surface area contributed by atoms with Crippen molar-refractivity contribution in [3.8, 4) is 17.0 Å². The Morgan fingerprint density at radius 1 is 1.31 bits per heavy atom. The number of hydrogen-bond acceptors (Lipinski definition) is 4. The van der Waals surface area contributed by atoms with Crippen LogP contribution in [0.15, 0.2) is 28.8 Å². The Morgan fingerprint density at radius 3 is 2.56 bits per heavy atom. The Bertz CT molecular complexity index is 499. The molecule has 82 valence electrons. The van der Waals surface area contributed by atoms with Crippen molar-refractivity contribution in [3.63, 3.8) is 0 Å². The number of benzene rings is 1. The zero-order chi connectivity index (χ0) is 11.5. The van der Waals surface area contributed by atoms with Crippen molar-refractivity contribution in [2.24, 2.45) is 0 Å². The normalized spacial score (nSPS) is 10.1. The van der Waals surface area contributed by atoms with Crippen LogP contribution in [0, 0.1) is 6.92 Å². The number of aryl methyl sites for hydroxylation is 1. The van der Waals surface area contributed by atoms with Crippen molar-refractivity contribution in [1.82, 2.24) is 5.16 Å². The van der Waals surface area contributed by atoms with E-state index in [0.717, 1.165) is 17.6 Å². The molecule has 0 aliphatic heterocycles. The van der Waals surface area contributed by atoms with Crippen LogP contribution in [0.3, 0.4) is 0 Å². The number of hydrogen-bond donors (Lipinski definition) is 0. The van der Waals surface area contributed by atoms with Crippen LogP contribution in [0.1, 0.15) is 16.1 Å². The maximum atomic E-state index is 10.9. The third-order valence-corrected chi connectivity index (χ3v) is 2.39. The smallest absolute Gasteiger partial charge is 0.155 e. The first-order chi connectivity index (χ1) is 7.76. The van der Waals surface area contributed by atoms with Gasteiger partial charge >= 0.3 is 0 Å². The molecular weight excluding hydrogens is 206 g/mol. The number of rotatable bonds is 3. The highest BCUT2D eigenvalue weighted by atomic mass is 16.5. The number of methoxy groups -OCH3 is 1. The van der Waals surface area contributed by atoms with E-state index in [2.05, 4.69) is 5.16 Å². The maximum absolute atomic E-state index is 10.9. The quantitative estimate of drug-likeness (QED) is 0.741. The first kappa shape index (κ1) is 10.4. The van der Waals surface area contributed by atoms with Crippen LogP contribution in [0.5, 0.6) is 5.75 Å². The molecule has 0 radical (unpaired) electrons. The van der Waals surface area contributed by atoms with Crippen LogP contribution in [0.25, 0.3) is 11.3 Å². The van der Waals surface area contributed by atoms with Crippen molar-refractivity contribution < 1.29 is 14.1 Å². The topological polar surface area (TPSA) is 52.3 Å². The van der Waals surface area contributed by atoms with Gasteiger partial charge in [0, 0.05) is 5.56 Å². The first-order valence-corrected chi connectivity index (χ1v) is 4.82. The minimum Gasteiger partial charge on any atom is -0.497 e. The van der Waals surface area contributed by atoms with Gasteiger partial charge in [-0.1, -0.05) is 5.16 Å². The molecule has 0 amide bonds. The van der Waals surface area contributed by atoms with Crippen LogP contribution in [-0.4, -0.2) is 18.6 Å². The van der Waals surface area contributed by atoms with E-state index >= 15 is 0 Å². The van der Waals surface area contributed by atoms with Gasteiger partial charge in [0.15, 0.2) is 6.29 Å². The summed E-state index contributed by atoms with van der Waals surface area (Å²) >= 11 is 0. The van der Waals surface area contributed by atoms with E-state index in [0.29, 0.717) is 17.0 Å². The lowest BCUT2D eigenvalue weighted by Crippen LogP contribution is -1.87. The number of carbonyl (C=O) groups excluding carboxylic acids is 1. The molecule has 0 atom stereocenters. The Hall–Kier alpha value is -2.10. The molecule has 1 aromatic heterocycles. The fourth-order valence-corrected chi connectivity index (χ4v) is 1.48. The van der Waals surface area contributed by atoms with Gasteiger partial charge in [-0.05, 0) is 31.2 Å². The number of ether oxygens (including phenoxy) is 1. The van der Waals surface area contributed by atoms with Crippen LogP contribution < -0.4 is 4.74 Å². The molecule has 2 aromatic rings. The van der Waals surface area contributed by atoms with Crippen LogP contribution in [0.2, 0.25) is 0 Å². The van der Waals surface area contributed by atoms with Crippen molar-refractivity contribution in [2.45, 2.75) is 6.92 Å². The van der Waals surface area contributed by atoms with Gasteiger partial charge in [-0.3, -0.25) is 4.79 Å². The second-order valence-corrected chi connectivity index (χ2v) is 3.35. The second-order valence-electron chi connectivity index (χ2n) is 3.35. The molecule has 0 saturated carbocycles. The molecule has 0 spiro atoms. The highest BCUT2D eigenvalue weighted by Crippen LogP contribution is 2.25. The number of carbonyl (C=O) groups is 1. The van der Waals surface area contributed by atoms with Gasteiger partial charge in [-0.2, -0.15) is 0 Å². The van der Waals surface area contributed by atoms with E-state index in [1.165, 1.54) is 0 Å². The predicted octanol–water partition coefficient (Wildman–Crippen LogP) is 2.47. The first-order valence-electron chi connectivity index (χ1n) is 4.82. The molecule has 0 N–H and O–H groups in total. The standard InChI is InChI=1S/C12H11NO3/c1-8-11(7-14)12(13-16-8)9-3-5-10(15-2)6-4-9/h3-7H,1-2H3. The Kier molecular flexibility index (Phi) is 2.72. The molecule has 0 saturated heterocycles. The van der Waals surface area contributed by atoms with Gasteiger partial charge in [0.1, 0.15) is 17.2 Å². The van der Waals surface area contributed by atoms with Crippen LogP contribution in [-0.2, 0) is 0 Å². The lowest BCUT2D eigenvalue weighted by Gasteiger charge is -2.00. The summed E-state index contributed by atoms with van der Waals surface area (Å²) < 4.78 is 10.0. The number of aldehydes is 1. The lowest BCUT2D eigenvalue weighted by molar-refractivity contribution is 0.112. The molecule has 1 heterocycles. The summed E-state index contributed by atoms with van der Waals surface area (Å²) in [5.41, 5.74) is 1.89.